The number of carbonyl (C=O) groups is 1. The molecule has 2 atom stereocenters. The average molecular weight is 829 g/mol. The van der Waals surface area contributed by atoms with Crippen LogP contribution in [0.3, 0.4) is 0 Å². The summed E-state index contributed by atoms with van der Waals surface area (Å²) in [5.41, 5.74) is 4.70. The van der Waals surface area contributed by atoms with E-state index in [0.717, 1.165) is 57.2 Å². The van der Waals surface area contributed by atoms with Crippen molar-refractivity contribution in [1.82, 2.24) is 9.21 Å². The molecule has 1 N–H and O–H groups in total. The van der Waals surface area contributed by atoms with E-state index in [2.05, 4.69) is 102 Å². The fraction of sp³-hybridized carbons (Fsp3) is 0.558. The number of halogens is 5. The summed E-state index contributed by atoms with van der Waals surface area (Å²) in [7, 11) is 0. The number of rotatable bonds is 12. The van der Waals surface area contributed by atoms with Crippen molar-refractivity contribution in [1.29, 1.82) is 0 Å². The maximum atomic E-state index is 14.0. The molecule has 0 aromatic heterocycles. The Morgan fingerprint density at radius 1 is 1.00 bits per heavy atom. The predicted molar refractivity (Wildman–Crippen MR) is 228 cm³/mol. The first kappa shape index (κ1) is 50.7. The molecule has 1 aliphatic heterocycles. The maximum Gasteiger partial charge on any atom is 0.519 e. The Hall–Kier alpha value is -2.27. The van der Waals surface area contributed by atoms with Crippen LogP contribution in [0.2, 0.25) is 0 Å². The number of aliphatic hydroxyl groups is 1. The summed E-state index contributed by atoms with van der Waals surface area (Å²) in [6.45, 7) is 8.39. The molecule has 12 heteroatoms. The summed E-state index contributed by atoms with van der Waals surface area (Å²) in [6.07, 6.45) is 18.5. The van der Waals surface area contributed by atoms with E-state index >= 15 is 0 Å². The molecule has 55 heavy (non-hydrogen) atoms. The van der Waals surface area contributed by atoms with Crippen LogP contribution >= 0.6 is 37.2 Å². The van der Waals surface area contributed by atoms with Crippen molar-refractivity contribution in [3.05, 3.63) is 94.6 Å². The number of carbonyl (C=O) groups excluding carboxylic acids is 1. The third-order valence-corrected chi connectivity index (χ3v) is 10.2. The zero-order valence-electron chi connectivity index (χ0n) is 33.0. The molecule has 2 aliphatic carbocycles. The van der Waals surface area contributed by atoms with E-state index in [9.17, 15) is 26.7 Å². The lowest BCUT2D eigenvalue weighted by Crippen LogP contribution is -2.37. The Kier molecular flexibility index (Phi) is 26.8. The van der Waals surface area contributed by atoms with Crippen LogP contribution in [-0.4, -0.2) is 71.4 Å². The number of likely N-dealkylation sites (tertiary alicyclic amines) is 1. The minimum Gasteiger partial charge on any atom is -0.308 e. The summed E-state index contributed by atoms with van der Waals surface area (Å²) < 4.78 is 56.0. The standard InChI is InChI=1S/C32H44N2OS.C8H8F2.CHF3O.2CH4S/c1-26-16-14-21-29(30(26)27-17-8-4-3-5-9-18-27)31(32(35)28-19-15-20-28)34(36-2)25-13-7-12-24-33-22-10-6-11-23-33;1-6-3-2-4-7(5-6)8(9)10;2-1(3,4)5;2*1-2/h4,7-8,12,14,16,21,27-28,31H,3,5-6,10-11,13,15,17,19-20,22-25H2,1-2H3;2-5,8H,1H3;5H;2*2H,1H3/b8-4-,12-7+;;;;. The number of alkyl halides is 5. The van der Waals surface area contributed by atoms with Gasteiger partial charge in [0.15, 0.2) is 5.78 Å². The smallest absolute Gasteiger partial charge is 0.308 e. The van der Waals surface area contributed by atoms with Crippen molar-refractivity contribution in [2.75, 3.05) is 44.9 Å². The number of hydrogen-bond donors (Lipinski definition) is 3. The molecule has 1 saturated carbocycles. The minimum absolute atomic E-state index is 0.0972. The second-order valence-corrected chi connectivity index (χ2v) is 14.1. The lowest BCUT2D eigenvalue weighted by atomic mass is 9.76. The Bertz CT molecular complexity index is 1480. The lowest BCUT2D eigenvalue weighted by molar-refractivity contribution is -0.295. The van der Waals surface area contributed by atoms with Crippen molar-refractivity contribution in [2.45, 2.75) is 103 Å². The second-order valence-electron chi connectivity index (χ2n) is 13.3. The van der Waals surface area contributed by atoms with Crippen LogP contribution in [0.4, 0.5) is 22.0 Å². The monoisotopic (exact) mass is 828 g/mol. The van der Waals surface area contributed by atoms with Gasteiger partial charge >= 0.3 is 6.36 Å². The maximum absolute atomic E-state index is 14.0. The van der Waals surface area contributed by atoms with Crippen molar-refractivity contribution < 1.29 is 31.9 Å². The summed E-state index contributed by atoms with van der Waals surface area (Å²) in [6, 6.07) is 12.7. The molecule has 3 aliphatic rings. The Labute approximate surface area is 342 Å². The molecule has 0 bridgehead atoms. The number of piperidine rings is 1. The molecule has 4 nitrogen and oxygen atoms in total. The zero-order chi connectivity index (χ0) is 41.2. The van der Waals surface area contributed by atoms with Crippen molar-refractivity contribution >= 4 is 43.0 Å². The summed E-state index contributed by atoms with van der Waals surface area (Å²) in [4.78, 5) is 16.5. The number of allylic oxidation sites excluding steroid dienone is 2. The van der Waals surface area contributed by atoms with E-state index in [1.54, 1.807) is 43.5 Å². The first-order valence-electron chi connectivity index (χ1n) is 18.9. The van der Waals surface area contributed by atoms with Gasteiger partial charge in [-0.3, -0.25) is 9.69 Å². The quantitative estimate of drug-likeness (QED) is 0.0654. The van der Waals surface area contributed by atoms with Crippen molar-refractivity contribution in [2.24, 2.45) is 5.92 Å². The number of nitrogens with zero attached hydrogens (tertiary/aromatic N) is 2. The van der Waals surface area contributed by atoms with Crippen molar-refractivity contribution in [3.63, 3.8) is 0 Å². The highest BCUT2D eigenvalue weighted by atomic mass is 32.2. The van der Waals surface area contributed by atoms with Gasteiger partial charge in [0.2, 0.25) is 0 Å². The van der Waals surface area contributed by atoms with E-state index in [1.807, 2.05) is 0 Å². The number of thiol groups is 2. The summed E-state index contributed by atoms with van der Waals surface area (Å²) >= 11 is 8.78. The van der Waals surface area contributed by atoms with Gasteiger partial charge in [-0.25, -0.2) is 13.1 Å². The van der Waals surface area contributed by atoms with Gasteiger partial charge in [0.25, 0.3) is 6.43 Å². The normalized spacial score (nSPS) is 18.2. The van der Waals surface area contributed by atoms with E-state index < -0.39 is 12.8 Å². The minimum atomic E-state index is -5.00. The Morgan fingerprint density at radius 2 is 1.65 bits per heavy atom. The van der Waals surface area contributed by atoms with Gasteiger partial charge in [0.1, 0.15) is 6.04 Å². The molecule has 2 aromatic carbocycles. The van der Waals surface area contributed by atoms with Gasteiger partial charge in [-0.1, -0.05) is 103 Å². The van der Waals surface area contributed by atoms with Crippen LogP contribution in [0.25, 0.3) is 0 Å². The molecular formula is C43H61F5N2O2S3. The second kappa shape index (κ2) is 29.0. The summed E-state index contributed by atoms with van der Waals surface area (Å²) in [5.74, 6) is 7.74. The van der Waals surface area contributed by atoms with E-state index in [1.165, 1.54) is 67.6 Å². The first-order valence-corrected chi connectivity index (χ1v) is 21.8. The molecular weight excluding hydrogens is 768 g/mol. The molecule has 0 spiro atoms. The molecule has 1 saturated heterocycles. The molecule has 2 aromatic rings. The predicted octanol–water partition coefficient (Wildman–Crippen LogP) is 11.8. The van der Waals surface area contributed by atoms with Crippen LogP contribution in [0.5, 0.6) is 0 Å². The van der Waals surface area contributed by atoms with Crippen LogP contribution in [0, 0.1) is 31.6 Å². The molecule has 2 fully saturated rings. The van der Waals surface area contributed by atoms with E-state index in [-0.39, 0.29) is 23.4 Å². The zero-order valence-corrected chi connectivity index (χ0v) is 35.6. The number of Topliss-reactive ketones (excluding diaryl/α,β-unsaturated/α-hetero) is 1. The third kappa shape index (κ3) is 20.1. The van der Waals surface area contributed by atoms with E-state index in [0.29, 0.717) is 5.78 Å². The molecule has 0 amide bonds. The average Bonchev–Trinajstić information content (AvgIpc) is 3.12. The van der Waals surface area contributed by atoms with Crippen LogP contribution in [0.1, 0.15) is 110 Å². The lowest BCUT2D eigenvalue weighted by Gasteiger charge is -2.36. The van der Waals surface area contributed by atoms with Gasteiger partial charge in [-0.15, -0.1) is 19.1 Å². The van der Waals surface area contributed by atoms with Crippen LogP contribution < -0.4 is 0 Å². The highest BCUT2D eigenvalue weighted by Crippen LogP contribution is 2.41. The number of benzene rings is 2. The molecule has 1 heterocycles. The number of aryl methyl sites for hydroxylation is 2. The highest BCUT2D eigenvalue weighted by molar-refractivity contribution is 7.96. The van der Waals surface area contributed by atoms with Gasteiger partial charge in [0, 0.05) is 36.9 Å². The summed E-state index contributed by atoms with van der Waals surface area (Å²) in [5, 5.41) is 6.52. The van der Waals surface area contributed by atoms with Crippen molar-refractivity contribution in [3.8, 4) is 11.8 Å². The molecule has 308 valence electrons. The molecule has 2 unspecified atom stereocenters. The van der Waals surface area contributed by atoms with Gasteiger partial charge < -0.3 is 5.11 Å². The SMILES string of the molecule is CS.CS.CSN(CC/C=C/CN1CCCCC1)C(C(=O)C1CCC1)c1cccc(C)c1C1C#CCC/C=C\C1.Cc1cccc(C(F)F)c1.OC(F)(F)F. The Balaban J connectivity index is 0.000000658. The number of hydrogen-bond acceptors (Lipinski definition) is 7. The number of ketones is 1. The van der Waals surface area contributed by atoms with E-state index in [4.69, 9.17) is 5.11 Å². The van der Waals surface area contributed by atoms with Crippen LogP contribution in [-0.2, 0) is 4.79 Å². The largest absolute Gasteiger partial charge is 0.519 e. The van der Waals surface area contributed by atoms with Gasteiger partial charge in [-0.05, 0) is 107 Å². The topological polar surface area (TPSA) is 43.8 Å². The van der Waals surface area contributed by atoms with Gasteiger partial charge in [0.05, 0.1) is 0 Å². The third-order valence-electron chi connectivity index (χ3n) is 9.34. The Morgan fingerprint density at radius 3 is 2.22 bits per heavy atom. The fourth-order valence-corrected chi connectivity index (χ4v) is 7.27. The highest BCUT2D eigenvalue weighted by Gasteiger charge is 2.37. The molecule has 0 radical (unpaired) electrons. The van der Waals surface area contributed by atoms with Gasteiger partial charge in [-0.2, -0.15) is 25.3 Å². The molecule has 5 rings (SSSR count). The first-order chi connectivity index (χ1) is 26.4. The van der Waals surface area contributed by atoms with Crippen LogP contribution in [0.15, 0.2) is 66.8 Å². The fourth-order valence-electron chi connectivity index (χ4n) is 6.55.